The summed E-state index contributed by atoms with van der Waals surface area (Å²) in [5.74, 6) is 0.806. The molecule has 6 nitrogen and oxygen atoms in total. The van der Waals surface area contributed by atoms with Crippen LogP contribution in [0.4, 0.5) is 4.79 Å². The summed E-state index contributed by atoms with van der Waals surface area (Å²) in [5, 5.41) is 2.90. The van der Waals surface area contributed by atoms with Crippen LogP contribution in [0.1, 0.15) is 11.6 Å². The zero-order valence-electron chi connectivity index (χ0n) is 12.5. The summed E-state index contributed by atoms with van der Waals surface area (Å²) >= 11 is 0. The molecule has 1 aromatic carbocycles. The van der Waals surface area contributed by atoms with Crippen LogP contribution in [0.3, 0.4) is 0 Å². The zero-order chi connectivity index (χ0) is 15.2. The van der Waals surface area contributed by atoms with E-state index in [1.54, 1.807) is 19.5 Å². The molecule has 0 aliphatic carbocycles. The van der Waals surface area contributed by atoms with Crippen LogP contribution in [0.2, 0.25) is 0 Å². The van der Waals surface area contributed by atoms with Crippen LogP contribution >= 0.6 is 0 Å². The van der Waals surface area contributed by atoms with Gasteiger partial charge in [0.15, 0.2) is 0 Å². The van der Waals surface area contributed by atoms with Crippen LogP contribution in [-0.2, 0) is 0 Å². The molecule has 0 radical (unpaired) electrons. The molecular formula is C15H20N4O2. The summed E-state index contributed by atoms with van der Waals surface area (Å²) < 4.78 is 6.67. The van der Waals surface area contributed by atoms with Gasteiger partial charge in [0.2, 0.25) is 0 Å². The maximum absolute atomic E-state index is 12.0. The molecule has 1 aromatic heterocycles. The highest BCUT2D eigenvalue weighted by Gasteiger charge is 2.16. The minimum Gasteiger partial charge on any atom is -0.497 e. The minimum atomic E-state index is -0.192. The molecule has 1 atom stereocenters. The molecule has 0 spiro atoms. The molecule has 2 rings (SSSR count). The maximum Gasteiger partial charge on any atom is 0.326 e. The third-order valence-electron chi connectivity index (χ3n) is 3.29. The molecule has 21 heavy (non-hydrogen) atoms. The number of methoxy groups -OCH3 is 1. The summed E-state index contributed by atoms with van der Waals surface area (Å²) in [5.41, 5.74) is 1.09. The van der Waals surface area contributed by atoms with Crippen LogP contribution in [0, 0.1) is 0 Å². The molecule has 6 heteroatoms. The number of rotatable bonds is 5. The van der Waals surface area contributed by atoms with E-state index in [2.05, 4.69) is 15.2 Å². The Morgan fingerprint density at radius 3 is 2.90 bits per heavy atom. The van der Waals surface area contributed by atoms with Gasteiger partial charge in [0.25, 0.3) is 0 Å². The van der Waals surface area contributed by atoms with Crippen molar-refractivity contribution in [2.45, 2.75) is 6.04 Å². The predicted molar refractivity (Wildman–Crippen MR) is 80.4 cm³/mol. The lowest BCUT2D eigenvalue weighted by Crippen LogP contribution is -2.36. The molecule has 112 valence electrons. The highest BCUT2D eigenvalue weighted by atomic mass is 16.5. The molecule has 0 saturated heterocycles. The van der Waals surface area contributed by atoms with Crippen LogP contribution in [0.5, 0.6) is 5.75 Å². The SMILES string of the molecule is COc1cccc(C(CNC(=O)n2ccnc2)N(C)C)c1. The van der Waals surface area contributed by atoms with Gasteiger partial charge in [0.1, 0.15) is 12.1 Å². The number of carbonyl (C=O) groups is 1. The first-order valence-corrected chi connectivity index (χ1v) is 6.68. The molecule has 0 aliphatic heterocycles. The van der Waals surface area contributed by atoms with E-state index in [1.165, 1.54) is 10.9 Å². The highest BCUT2D eigenvalue weighted by Crippen LogP contribution is 2.22. The van der Waals surface area contributed by atoms with Crippen molar-refractivity contribution in [3.63, 3.8) is 0 Å². The van der Waals surface area contributed by atoms with E-state index in [9.17, 15) is 4.79 Å². The topological polar surface area (TPSA) is 59.4 Å². The number of imidazole rings is 1. The Morgan fingerprint density at radius 2 is 2.29 bits per heavy atom. The Labute approximate surface area is 124 Å². The highest BCUT2D eigenvalue weighted by molar-refractivity contribution is 5.76. The van der Waals surface area contributed by atoms with Gasteiger partial charge in [-0.05, 0) is 31.8 Å². The van der Waals surface area contributed by atoms with Crippen molar-refractivity contribution in [2.75, 3.05) is 27.7 Å². The molecule has 1 N–H and O–H groups in total. The molecule has 1 unspecified atom stereocenters. The van der Waals surface area contributed by atoms with Gasteiger partial charge >= 0.3 is 6.03 Å². The summed E-state index contributed by atoms with van der Waals surface area (Å²) in [6.45, 7) is 0.497. The van der Waals surface area contributed by atoms with Gasteiger partial charge in [-0.3, -0.25) is 4.57 Å². The van der Waals surface area contributed by atoms with Gasteiger partial charge in [-0.15, -0.1) is 0 Å². The van der Waals surface area contributed by atoms with Crippen molar-refractivity contribution in [2.24, 2.45) is 0 Å². The maximum atomic E-state index is 12.0. The Kier molecular flexibility index (Phi) is 4.94. The normalized spacial score (nSPS) is 12.2. The monoisotopic (exact) mass is 288 g/mol. The number of carbonyl (C=O) groups excluding carboxylic acids is 1. The Morgan fingerprint density at radius 1 is 1.48 bits per heavy atom. The van der Waals surface area contributed by atoms with E-state index in [0.29, 0.717) is 6.54 Å². The lowest BCUT2D eigenvalue weighted by Gasteiger charge is -2.25. The number of hydrogen-bond acceptors (Lipinski definition) is 4. The van der Waals surface area contributed by atoms with Crippen molar-refractivity contribution < 1.29 is 9.53 Å². The fraction of sp³-hybridized carbons (Fsp3) is 0.333. The van der Waals surface area contributed by atoms with Crippen LogP contribution < -0.4 is 10.1 Å². The minimum absolute atomic E-state index is 0.0626. The summed E-state index contributed by atoms with van der Waals surface area (Å²) in [6, 6.07) is 7.72. The molecule has 1 amide bonds. The standard InChI is InChI=1S/C15H20N4O2/c1-18(2)14(12-5-4-6-13(9-12)21-3)10-17-15(20)19-8-7-16-11-19/h4-9,11,14H,10H2,1-3H3,(H,17,20). The average molecular weight is 288 g/mol. The Bertz CT molecular complexity index is 581. The average Bonchev–Trinajstić information content (AvgIpc) is 3.01. The molecule has 0 bridgehead atoms. The van der Waals surface area contributed by atoms with Gasteiger partial charge in [-0.1, -0.05) is 12.1 Å². The van der Waals surface area contributed by atoms with E-state index in [-0.39, 0.29) is 12.1 Å². The number of amides is 1. The number of ether oxygens (including phenoxy) is 1. The van der Waals surface area contributed by atoms with E-state index >= 15 is 0 Å². The first-order valence-electron chi connectivity index (χ1n) is 6.68. The number of nitrogens with zero attached hydrogens (tertiary/aromatic N) is 3. The fourth-order valence-electron chi connectivity index (χ4n) is 2.10. The van der Waals surface area contributed by atoms with Crippen LogP contribution in [0.15, 0.2) is 43.0 Å². The van der Waals surface area contributed by atoms with Crippen LogP contribution in [-0.4, -0.2) is 48.2 Å². The van der Waals surface area contributed by atoms with E-state index < -0.39 is 0 Å². The third-order valence-corrected chi connectivity index (χ3v) is 3.29. The summed E-state index contributed by atoms with van der Waals surface area (Å²) in [6.07, 6.45) is 4.67. The number of likely N-dealkylation sites (N-methyl/N-ethyl adjacent to an activating group) is 1. The van der Waals surface area contributed by atoms with Gasteiger partial charge in [0.05, 0.1) is 13.2 Å². The van der Waals surface area contributed by atoms with E-state index in [1.807, 2.05) is 38.4 Å². The number of benzene rings is 1. The molecular weight excluding hydrogens is 268 g/mol. The second-order valence-corrected chi connectivity index (χ2v) is 4.91. The molecule has 0 aliphatic rings. The Hall–Kier alpha value is -2.34. The van der Waals surface area contributed by atoms with Crippen molar-refractivity contribution in [3.05, 3.63) is 48.5 Å². The number of nitrogens with one attached hydrogen (secondary N) is 1. The molecule has 0 saturated carbocycles. The number of hydrogen-bond donors (Lipinski definition) is 1. The number of aromatic nitrogens is 2. The molecule has 2 aromatic rings. The van der Waals surface area contributed by atoms with E-state index in [4.69, 9.17) is 4.74 Å². The van der Waals surface area contributed by atoms with Crippen molar-refractivity contribution >= 4 is 6.03 Å². The summed E-state index contributed by atoms with van der Waals surface area (Å²) in [7, 11) is 5.60. The first-order chi connectivity index (χ1) is 10.1. The zero-order valence-corrected chi connectivity index (χ0v) is 12.5. The lowest BCUT2D eigenvalue weighted by molar-refractivity contribution is 0.234. The molecule has 1 heterocycles. The van der Waals surface area contributed by atoms with Crippen molar-refractivity contribution in [1.29, 1.82) is 0 Å². The second-order valence-electron chi connectivity index (χ2n) is 4.91. The largest absolute Gasteiger partial charge is 0.497 e. The summed E-state index contributed by atoms with van der Waals surface area (Å²) in [4.78, 5) is 17.9. The lowest BCUT2D eigenvalue weighted by atomic mass is 10.1. The fourth-order valence-corrected chi connectivity index (χ4v) is 2.10. The predicted octanol–water partition coefficient (Wildman–Crippen LogP) is 1.75. The Balaban J connectivity index is 2.07. The van der Waals surface area contributed by atoms with Crippen LogP contribution in [0.25, 0.3) is 0 Å². The first kappa shape index (κ1) is 15.1. The third kappa shape index (κ3) is 3.82. The van der Waals surface area contributed by atoms with Gasteiger partial charge < -0.3 is 15.0 Å². The quantitative estimate of drug-likeness (QED) is 0.910. The van der Waals surface area contributed by atoms with Gasteiger partial charge in [0, 0.05) is 18.9 Å². The second kappa shape index (κ2) is 6.90. The van der Waals surface area contributed by atoms with Crippen molar-refractivity contribution in [1.82, 2.24) is 19.8 Å². The van der Waals surface area contributed by atoms with Crippen molar-refractivity contribution in [3.8, 4) is 5.75 Å². The van der Waals surface area contributed by atoms with Gasteiger partial charge in [-0.25, -0.2) is 9.78 Å². The molecule has 0 fully saturated rings. The van der Waals surface area contributed by atoms with E-state index in [0.717, 1.165) is 11.3 Å². The van der Waals surface area contributed by atoms with Gasteiger partial charge in [-0.2, -0.15) is 0 Å². The smallest absolute Gasteiger partial charge is 0.326 e.